The van der Waals surface area contributed by atoms with Gasteiger partial charge in [-0.3, -0.25) is 0 Å². The highest BCUT2D eigenvalue weighted by atomic mass is 32.2. The molecule has 2 aromatic rings. The first-order valence-electron chi connectivity index (χ1n) is 6.86. The van der Waals surface area contributed by atoms with Gasteiger partial charge in [0.05, 0.1) is 0 Å². The fraction of sp³-hybridized carbons (Fsp3) is 0.294. The van der Waals surface area contributed by atoms with Crippen molar-refractivity contribution >= 4 is 11.8 Å². The van der Waals surface area contributed by atoms with Crippen LogP contribution in [0.2, 0.25) is 0 Å². The maximum Gasteiger partial charge on any atom is 0.159 e. The molecule has 2 atom stereocenters. The van der Waals surface area contributed by atoms with Gasteiger partial charge in [0, 0.05) is 17.0 Å². The van der Waals surface area contributed by atoms with E-state index in [-0.39, 0.29) is 12.1 Å². The lowest BCUT2D eigenvalue weighted by Gasteiger charge is -2.21. The predicted octanol–water partition coefficient (Wildman–Crippen LogP) is 5.10. The molecule has 1 N–H and O–H groups in total. The lowest BCUT2D eigenvalue weighted by atomic mass is 10.0. The van der Waals surface area contributed by atoms with Crippen molar-refractivity contribution in [3.8, 4) is 0 Å². The van der Waals surface area contributed by atoms with E-state index in [4.69, 9.17) is 0 Å². The molecule has 0 spiro atoms. The Morgan fingerprint density at radius 1 is 0.857 bits per heavy atom. The van der Waals surface area contributed by atoms with Crippen LogP contribution in [-0.2, 0) is 0 Å². The summed E-state index contributed by atoms with van der Waals surface area (Å²) in [5.41, 5.74) is 1.91. The highest BCUT2D eigenvalue weighted by Crippen LogP contribution is 2.23. The number of benzene rings is 2. The average molecular weight is 307 g/mol. The molecular formula is C17H19F2NS. The Morgan fingerprint density at radius 2 is 1.43 bits per heavy atom. The van der Waals surface area contributed by atoms with Crippen molar-refractivity contribution in [3.63, 3.8) is 0 Å². The van der Waals surface area contributed by atoms with Crippen LogP contribution in [0, 0.1) is 11.6 Å². The molecule has 2 unspecified atom stereocenters. The number of hydrogen-bond donors (Lipinski definition) is 1. The van der Waals surface area contributed by atoms with Crippen LogP contribution >= 0.6 is 11.8 Å². The van der Waals surface area contributed by atoms with Gasteiger partial charge in [0.25, 0.3) is 0 Å². The lowest BCUT2D eigenvalue weighted by molar-refractivity contribution is 0.480. The maximum atomic E-state index is 13.3. The van der Waals surface area contributed by atoms with Crippen molar-refractivity contribution in [2.75, 3.05) is 6.26 Å². The minimum absolute atomic E-state index is 0.0599. The Hall–Kier alpha value is -1.39. The second kappa shape index (κ2) is 7.05. The molecule has 112 valence electrons. The summed E-state index contributed by atoms with van der Waals surface area (Å²) in [6.45, 7) is 4.00. The topological polar surface area (TPSA) is 12.0 Å². The zero-order valence-electron chi connectivity index (χ0n) is 12.4. The zero-order chi connectivity index (χ0) is 15.4. The third-order valence-electron chi connectivity index (χ3n) is 3.56. The molecule has 0 saturated heterocycles. The molecule has 0 aliphatic carbocycles. The van der Waals surface area contributed by atoms with Gasteiger partial charge in [0.15, 0.2) is 11.6 Å². The molecule has 0 fully saturated rings. The second-order valence-corrected chi connectivity index (χ2v) is 5.94. The van der Waals surface area contributed by atoms with Gasteiger partial charge in [-0.2, -0.15) is 0 Å². The molecular weight excluding hydrogens is 288 g/mol. The van der Waals surface area contributed by atoms with Crippen LogP contribution in [0.15, 0.2) is 47.4 Å². The second-order valence-electron chi connectivity index (χ2n) is 5.06. The van der Waals surface area contributed by atoms with Crippen molar-refractivity contribution in [1.82, 2.24) is 5.32 Å². The normalized spacial score (nSPS) is 14.0. The zero-order valence-corrected chi connectivity index (χ0v) is 13.2. The van der Waals surface area contributed by atoms with Gasteiger partial charge in [-0.1, -0.05) is 18.2 Å². The summed E-state index contributed by atoms with van der Waals surface area (Å²) in [4.78, 5) is 1.22. The van der Waals surface area contributed by atoms with Crippen molar-refractivity contribution in [2.24, 2.45) is 0 Å². The van der Waals surface area contributed by atoms with Crippen LogP contribution in [-0.4, -0.2) is 6.26 Å². The Labute approximate surface area is 128 Å². The van der Waals surface area contributed by atoms with Crippen LogP contribution in [0.3, 0.4) is 0 Å². The molecule has 0 aliphatic heterocycles. The molecule has 0 saturated carbocycles. The lowest BCUT2D eigenvalue weighted by Crippen LogP contribution is -2.22. The molecule has 0 amide bonds. The predicted molar refractivity (Wildman–Crippen MR) is 84.5 cm³/mol. The SMILES string of the molecule is CSc1ccc(C(C)NC(C)c2ccc(F)c(F)c2)cc1. The van der Waals surface area contributed by atoms with E-state index in [1.165, 1.54) is 22.6 Å². The molecule has 0 aromatic heterocycles. The largest absolute Gasteiger partial charge is 0.304 e. The van der Waals surface area contributed by atoms with Crippen molar-refractivity contribution in [2.45, 2.75) is 30.8 Å². The third-order valence-corrected chi connectivity index (χ3v) is 4.30. The van der Waals surface area contributed by atoms with Crippen molar-refractivity contribution in [3.05, 3.63) is 65.2 Å². The molecule has 0 heterocycles. The summed E-state index contributed by atoms with van der Waals surface area (Å²) in [7, 11) is 0. The molecule has 0 radical (unpaired) electrons. The summed E-state index contributed by atoms with van der Waals surface area (Å²) < 4.78 is 26.2. The quantitative estimate of drug-likeness (QED) is 0.771. The fourth-order valence-electron chi connectivity index (χ4n) is 2.24. The van der Waals surface area contributed by atoms with E-state index in [0.717, 1.165) is 5.56 Å². The van der Waals surface area contributed by atoms with Crippen LogP contribution in [0.1, 0.15) is 37.1 Å². The highest BCUT2D eigenvalue weighted by molar-refractivity contribution is 7.98. The van der Waals surface area contributed by atoms with E-state index in [9.17, 15) is 8.78 Å². The Kier molecular flexibility index (Phi) is 5.37. The van der Waals surface area contributed by atoms with Crippen molar-refractivity contribution in [1.29, 1.82) is 0 Å². The summed E-state index contributed by atoms with van der Waals surface area (Å²) in [5, 5.41) is 3.40. The minimum atomic E-state index is -0.813. The van der Waals surface area contributed by atoms with Crippen LogP contribution < -0.4 is 5.32 Å². The van der Waals surface area contributed by atoms with Gasteiger partial charge >= 0.3 is 0 Å². The summed E-state index contributed by atoms with van der Waals surface area (Å²) in [6, 6.07) is 12.4. The first-order chi connectivity index (χ1) is 10.0. The number of thioether (sulfide) groups is 1. The van der Waals surface area contributed by atoms with Gasteiger partial charge in [0.2, 0.25) is 0 Å². The maximum absolute atomic E-state index is 13.3. The van der Waals surface area contributed by atoms with Gasteiger partial charge < -0.3 is 5.32 Å². The van der Waals surface area contributed by atoms with Gasteiger partial charge in [-0.15, -0.1) is 11.8 Å². The van der Waals surface area contributed by atoms with E-state index >= 15 is 0 Å². The molecule has 0 aliphatic rings. The highest BCUT2D eigenvalue weighted by Gasteiger charge is 2.13. The Bertz CT molecular complexity index is 598. The number of rotatable bonds is 5. The number of halogens is 2. The average Bonchev–Trinajstić information content (AvgIpc) is 2.50. The minimum Gasteiger partial charge on any atom is -0.304 e. The van der Waals surface area contributed by atoms with E-state index in [1.807, 2.05) is 13.2 Å². The van der Waals surface area contributed by atoms with E-state index in [2.05, 4.69) is 36.5 Å². The van der Waals surface area contributed by atoms with E-state index in [0.29, 0.717) is 0 Å². The van der Waals surface area contributed by atoms with Crippen LogP contribution in [0.5, 0.6) is 0 Å². The summed E-state index contributed by atoms with van der Waals surface area (Å²) >= 11 is 1.71. The summed E-state index contributed by atoms with van der Waals surface area (Å²) in [5.74, 6) is -1.62. The molecule has 4 heteroatoms. The first kappa shape index (κ1) is 16.0. The molecule has 1 nitrogen and oxygen atoms in total. The first-order valence-corrected chi connectivity index (χ1v) is 8.08. The molecule has 2 aromatic carbocycles. The van der Waals surface area contributed by atoms with E-state index in [1.54, 1.807) is 17.8 Å². The number of nitrogens with one attached hydrogen (secondary N) is 1. The van der Waals surface area contributed by atoms with Gasteiger partial charge in [0.1, 0.15) is 0 Å². The smallest absolute Gasteiger partial charge is 0.159 e. The van der Waals surface area contributed by atoms with Gasteiger partial charge in [-0.05, 0) is 55.5 Å². The standard InChI is InChI=1S/C17H19F2NS/c1-11(13-4-7-15(21-3)8-5-13)20-12(2)14-6-9-16(18)17(19)10-14/h4-12,20H,1-3H3. The van der Waals surface area contributed by atoms with Crippen molar-refractivity contribution < 1.29 is 8.78 Å². The summed E-state index contributed by atoms with van der Waals surface area (Å²) in [6.07, 6.45) is 2.04. The molecule has 21 heavy (non-hydrogen) atoms. The third kappa shape index (κ3) is 4.05. The number of hydrogen-bond acceptors (Lipinski definition) is 2. The van der Waals surface area contributed by atoms with Crippen LogP contribution in [0.4, 0.5) is 8.78 Å². The Morgan fingerprint density at radius 3 is 2.00 bits per heavy atom. The Balaban J connectivity index is 2.06. The monoisotopic (exact) mass is 307 g/mol. The molecule has 0 bridgehead atoms. The molecule has 2 rings (SSSR count). The van der Waals surface area contributed by atoms with E-state index < -0.39 is 11.6 Å². The fourth-order valence-corrected chi connectivity index (χ4v) is 2.65. The van der Waals surface area contributed by atoms with Crippen LogP contribution in [0.25, 0.3) is 0 Å². The van der Waals surface area contributed by atoms with Gasteiger partial charge in [-0.25, -0.2) is 8.78 Å².